The third-order valence-electron chi connectivity index (χ3n) is 2.22. The van der Waals surface area contributed by atoms with Crippen LogP contribution in [0, 0.1) is 13.8 Å². The molecule has 2 aromatic rings. The highest BCUT2D eigenvalue weighted by Crippen LogP contribution is 2.28. The number of thiazole rings is 1. The van der Waals surface area contributed by atoms with E-state index < -0.39 is 6.10 Å². The van der Waals surface area contributed by atoms with E-state index in [-0.39, 0.29) is 0 Å². The molecule has 0 aliphatic carbocycles. The van der Waals surface area contributed by atoms with Crippen LogP contribution in [0.2, 0.25) is 0 Å². The zero-order valence-electron chi connectivity index (χ0n) is 8.80. The van der Waals surface area contributed by atoms with Crippen molar-refractivity contribution in [1.82, 2.24) is 20.0 Å². The number of nitrogens with zero attached hydrogens (tertiary/aromatic N) is 4. The van der Waals surface area contributed by atoms with Crippen molar-refractivity contribution in [2.24, 2.45) is 7.05 Å². The fourth-order valence-corrected chi connectivity index (χ4v) is 2.41. The molecule has 0 spiro atoms. The maximum atomic E-state index is 10.1. The lowest BCUT2D eigenvalue weighted by molar-refractivity contribution is 0.212. The fourth-order valence-electron chi connectivity index (χ4n) is 1.48. The zero-order valence-corrected chi connectivity index (χ0v) is 9.62. The van der Waals surface area contributed by atoms with Gasteiger partial charge < -0.3 is 5.11 Å². The van der Waals surface area contributed by atoms with Crippen molar-refractivity contribution in [2.45, 2.75) is 20.0 Å². The Balaban J connectivity index is 2.40. The first-order valence-electron chi connectivity index (χ1n) is 4.56. The lowest BCUT2D eigenvalue weighted by Crippen LogP contribution is -2.06. The number of aliphatic hydroxyl groups excluding tert-OH is 1. The molecule has 1 atom stereocenters. The van der Waals surface area contributed by atoms with Crippen LogP contribution in [0.15, 0.2) is 6.20 Å². The molecule has 0 saturated heterocycles. The van der Waals surface area contributed by atoms with Crippen molar-refractivity contribution < 1.29 is 5.11 Å². The van der Waals surface area contributed by atoms with Gasteiger partial charge in [0.05, 0.1) is 27.5 Å². The van der Waals surface area contributed by atoms with Gasteiger partial charge >= 0.3 is 0 Å². The number of hydrogen-bond donors (Lipinski definition) is 1. The van der Waals surface area contributed by atoms with Crippen molar-refractivity contribution in [2.75, 3.05) is 0 Å². The van der Waals surface area contributed by atoms with Crippen LogP contribution in [-0.2, 0) is 7.05 Å². The number of hydrogen-bond acceptors (Lipinski definition) is 5. The summed E-state index contributed by atoms with van der Waals surface area (Å²) in [5.41, 5.74) is 1.55. The molecule has 15 heavy (non-hydrogen) atoms. The van der Waals surface area contributed by atoms with E-state index in [1.807, 2.05) is 13.8 Å². The average Bonchev–Trinajstić information content (AvgIpc) is 2.71. The zero-order chi connectivity index (χ0) is 11.0. The summed E-state index contributed by atoms with van der Waals surface area (Å²) in [5.74, 6) is 0. The maximum Gasteiger partial charge on any atom is 0.133 e. The normalized spacial score (nSPS) is 13.1. The summed E-state index contributed by atoms with van der Waals surface area (Å²) in [6.45, 7) is 3.82. The number of aryl methyl sites for hydroxylation is 3. The molecule has 2 rings (SSSR count). The lowest BCUT2D eigenvalue weighted by Gasteiger charge is -2.08. The first-order valence-corrected chi connectivity index (χ1v) is 5.38. The minimum Gasteiger partial charge on any atom is -0.381 e. The number of rotatable bonds is 2. The minimum atomic E-state index is -0.684. The molecule has 2 heterocycles. The summed E-state index contributed by atoms with van der Waals surface area (Å²) in [7, 11) is 1.76. The van der Waals surface area contributed by atoms with Crippen molar-refractivity contribution in [3.63, 3.8) is 0 Å². The molecular formula is C9H12N4OS. The van der Waals surface area contributed by atoms with E-state index in [0.29, 0.717) is 5.69 Å². The van der Waals surface area contributed by atoms with E-state index in [4.69, 9.17) is 0 Å². The van der Waals surface area contributed by atoms with Gasteiger partial charge in [0.2, 0.25) is 0 Å². The van der Waals surface area contributed by atoms with Crippen LogP contribution in [0.4, 0.5) is 0 Å². The second-order valence-electron chi connectivity index (χ2n) is 3.37. The Morgan fingerprint density at radius 2 is 2.20 bits per heavy atom. The van der Waals surface area contributed by atoms with Gasteiger partial charge in [-0.15, -0.1) is 16.4 Å². The second kappa shape index (κ2) is 3.71. The van der Waals surface area contributed by atoms with Crippen molar-refractivity contribution in [3.05, 3.63) is 27.5 Å². The van der Waals surface area contributed by atoms with E-state index in [2.05, 4.69) is 15.3 Å². The Morgan fingerprint density at radius 3 is 2.67 bits per heavy atom. The Labute approximate surface area is 91.4 Å². The second-order valence-corrected chi connectivity index (χ2v) is 4.60. The molecule has 0 radical (unpaired) electrons. The van der Waals surface area contributed by atoms with Gasteiger partial charge in [-0.3, -0.25) is 0 Å². The number of aliphatic hydroxyl groups is 1. The largest absolute Gasteiger partial charge is 0.381 e. The summed E-state index contributed by atoms with van der Waals surface area (Å²) in [4.78, 5) is 5.14. The van der Waals surface area contributed by atoms with Crippen LogP contribution >= 0.6 is 11.3 Å². The van der Waals surface area contributed by atoms with Crippen LogP contribution in [0.1, 0.15) is 27.4 Å². The molecule has 0 aliphatic heterocycles. The quantitative estimate of drug-likeness (QED) is 0.825. The molecule has 0 aliphatic rings. The standard InChI is InChI=1S/C9H12N4OS/c1-5-9(15-6(2)11-5)8(14)7-4-10-12-13(7)3/h4,8,14H,1-3H3. The number of aromatic nitrogens is 4. The topological polar surface area (TPSA) is 63.8 Å². The van der Waals surface area contributed by atoms with E-state index in [0.717, 1.165) is 15.6 Å². The van der Waals surface area contributed by atoms with E-state index in [9.17, 15) is 5.11 Å². The van der Waals surface area contributed by atoms with Crippen LogP contribution in [0.5, 0.6) is 0 Å². The molecule has 0 saturated carbocycles. The Morgan fingerprint density at radius 1 is 1.47 bits per heavy atom. The van der Waals surface area contributed by atoms with Gasteiger partial charge in [0.1, 0.15) is 6.10 Å². The molecule has 0 fully saturated rings. The molecule has 1 unspecified atom stereocenters. The Kier molecular flexibility index (Phi) is 2.54. The van der Waals surface area contributed by atoms with E-state index >= 15 is 0 Å². The van der Waals surface area contributed by atoms with Crippen LogP contribution in [-0.4, -0.2) is 25.1 Å². The molecule has 80 valence electrons. The SMILES string of the molecule is Cc1nc(C)c(C(O)c2cnnn2C)s1. The van der Waals surface area contributed by atoms with Gasteiger partial charge in [-0.05, 0) is 13.8 Å². The van der Waals surface area contributed by atoms with Gasteiger partial charge in [0.15, 0.2) is 0 Å². The Hall–Kier alpha value is -1.27. The molecule has 0 aromatic carbocycles. The summed E-state index contributed by atoms with van der Waals surface area (Å²) >= 11 is 1.50. The monoisotopic (exact) mass is 224 g/mol. The summed E-state index contributed by atoms with van der Waals surface area (Å²) in [6, 6.07) is 0. The first kappa shape index (κ1) is 10.3. The molecule has 6 heteroatoms. The van der Waals surface area contributed by atoms with Crippen LogP contribution in [0.25, 0.3) is 0 Å². The summed E-state index contributed by atoms with van der Waals surface area (Å²) < 4.78 is 1.57. The van der Waals surface area contributed by atoms with Crippen molar-refractivity contribution >= 4 is 11.3 Å². The smallest absolute Gasteiger partial charge is 0.133 e. The third kappa shape index (κ3) is 1.78. The Bertz CT molecular complexity index is 476. The highest BCUT2D eigenvalue weighted by atomic mass is 32.1. The van der Waals surface area contributed by atoms with Gasteiger partial charge in [-0.2, -0.15) is 0 Å². The maximum absolute atomic E-state index is 10.1. The lowest BCUT2D eigenvalue weighted by atomic mass is 10.2. The van der Waals surface area contributed by atoms with Crippen molar-refractivity contribution in [1.29, 1.82) is 0 Å². The predicted octanol–water partition coefficient (Wildman–Crippen LogP) is 0.970. The van der Waals surface area contributed by atoms with Crippen molar-refractivity contribution in [3.8, 4) is 0 Å². The van der Waals surface area contributed by atoms with Gasteiger partial charge in [-0.25, -0.2) is 9.67 Å². The van der Waals surface area contributed by atoms with E-state index in [1.54, 1.807) is 17.9 Å². The van der Waals surface area contributed by atoms with Crippen LogP contribution < -0.4 is 0 Å². The van der Waals surface area contributed by atoms with Gasteiger partial charge in [0, 0.05) is 7.05 Å². The van der Waals surface area contributed by atoms with Crippen LogP contribution in [0.3, 0.4) is 0 Å². The third-order valence-corrected chi connectivity index (χ3v) is 3.34. The summed E-state index contributed by atoms with van der Waals surface area (Å²) in [5, 5.41) is 18.6. The first-order chi connectivity index (χ1) is 7.09. The minimum absolute atomic E-state index is 0.682. The highest BCUT2D eigenvalue weighted by molar-refractivity contribution is 7.11. The average molecular weight is 224 g/mol. The van der Waals surface area contributed by atoms with E-state index in [1.165, 1.54) is 11.3 Å². The van der Waals surface area contributed by atoms with Gasteiger partial charge in [-0.1, -0.05) is 5.21 Å². The fraction of sp³-hybridized carbons (Fsp3) is 0.444. The summed E-state index contributed by atoms with van der Waals surface area (Å²) in [6.07, 6.45) is 0.885. The molecule has 2 aromatic heterocycles. The molecule has 0 amide bonds. The molecular weight excluding hydrogens is 212 g/mol. The van der Waals surface area contributed by atoms with Gasteiger partial charge in [0.25, 0.3) is 0 Å². The molecule has 5 nitrogen and oxygen atoms in total. The highest BCUT2D eigenvalue weighted by Gasteiger charge is 2.19. The predicted molar refractivity (Wildman–Crippen MR) is 56.7 cm³/mol. The molecule has 1 N–H and O–H groups in total. The molecule has 0 bridgehead atoms.